The molecule has 7 heteroatoms. The Kier molecular flexibility index (Phi) is 7.47. The number of anilines is 1. The highest BCUT2D eigenvalue weighted by atomic mass is 32.1. The van der Waals surface area contributed by atoms with E-state index in [1.807, 2.05) is 41.5 Å². The number of carbonyl (C=O) groups is 1. The first-order valence-corrected chi connectivity index (χ1v) is 10.6. The van der Waals surface area contributed by atoms with Gasteiger partial charge in [-0.25, -0.2) is 9.78 Å². The summed E-state index contributed by atoms with van der Waals surface area (Å²) in [4.78, 5) is 21.1. The molecular formula is C20H28N4O2S. The van der Waals surface area contributed by atoms with E-state index in [0.29, 0.717) is 13.2 Å². The second-order valence-corrected chi connectivity index (χ2v) is 7.43. The third-order valence-electron chi connectivity index (χ3n) is 4.73. The van der Waals surface area contributed by atoms with Gasteiger partial charge in [-0.15, -0.1) is 11.3 Å². The molecule has 1 aliphatic rings. The maximum absolute atomic E-state index is 12.6. The molecule has 1 N–H and O–H groups in total. The number of rotatable bonds is 9. The average Bonchev–Trinajstić information content (AvgIpc) is 3.38. The zero-order chi connectivity index (χ0) is 18.9. The molecule has 1 fully saturated rings. The van der Waals surface area contributed by atoms with Crippen LogP contribution < -0.4 is 10.1 Å². The van der Waals surface area contributed by atoms with Gasteiger partial charge in [0.05, 0.1) is 11.2 Å². The quantitative estimate of drug-likeness (QED) is 0.704. The lowest BCUT2D eigenvalue weighted by atomic mass is 10.3. The van der Waals surface area contributed by atoms with E-state index in [4.69, 9.17) is 4.74 Å². The number of likely N-dealkylation sites (tertiary alicyclic amines) is 1. The van der Waals surface area contributed by atoms with E-state index in [0.717, 1.165) is 36.6 Å². The molecule has 0 spiro atoms. The first-order chi connectivity index (χ1) is 13.2. The fourth-order valence-electron chi connectivity index (χ4n) is 3.23. The van der Waals surface area contributed by atoms with Crippen LogP contribution in [0.2, 0.25) is 0 Å². The minimum atomic E-state index is -0.0597. The van der Waals surface area contributed by atoms with Crippen LogP contribution in [0.25, 0.3) is 0 Å². The van der Waals surface area contributed by atoms with Crippen molar-refractivity contribution in [3.63, 3.8) is 0 Å². The van der Waals surface area contributed by atoms with Gasteiger partial charge in [-0.05, 0) is 58.0 Å². The largest absolute Gasteiger partial charge is 0.487 e. The number of carbonyl (C=O) groups excluding carboxylic acids is 1. The Hall–Kier alpha value is -2.12. The summed E-state index contributed by atoms with van der Waals surface area (Å²) in [6, 6.07) is 7.44. The summed E-state index contributed by atoms with van der Waals surface area (Å²) in [5, 5.41) is 4.95. The number of ether oxygens (including phenoxy) is 1. The van der Waals surface area contributed by atoms with Crippen LogP contribution in [0, 0.1) is 0 Å². The summed E-state index contributed by atoms with van der Waals surface area (Å²) in [5.41, 5.74) is 3.44. The van der Waals surface area contributed by atoms with E-state index in [1.165, 1.54) is 25.9 Å². The minimum Gasteiger partial charge on any atom is -0.487 e. The van der Waals surface area contributed by atoms with Crippen molar-refractivity contribution in [2.75, 3.05) is 38.0 Å². The first kappa shape index (κ1) is 19.6. The lowest BCUT2D eigenvalue weighted by Crippen LogP contribution is -2.37. The second-order valence-electron chi connectivity index (χ2n) is 6.71. The van der Waals surface area contributed by atoms with Crippen molar-refractivity contribution < 1.29 is 9.53 Å². The summed E-state index contributed by atoms with van der Waals surface area (Å²) < 4.78 is 5.76. The number of nitrogens with one attached hydrogen (secondary N) is 1. The summed E-state index contributed by atoms with van der Waals surface area (Å²) in [6.45, 7) is 7.40. The highest BCUT2D eigenvalue weighted by Crippen LogP contribution is 2.19. The van der Waals surface area contributed by atoms with E-state index in [1.54, 1.807) is 16.8 Å². The van der Waals surface area contributed by atoms with Gasteiger partial charge in [0.15, 0.2) is 0 Å². The molecule has 1 aromatic heterocycles. The lowest BCUT2D eigenvalue weighted by molar-refractivity contribution is 0.210. The lowest BCUT2D eigenvalue weighted by Gasteiger charge is -2.23. The summed E-state index contributed by atoms with van der Waals surface area (Å²) in [6.07, 6.45) is 3.62. The highest BCUT2D eigenvalue weighted by Gasteiger charge is 2.14. The van der Waals surface area contributed by atoms with Crippen molar-refractivity contribution in [2.45, 2.75) is 32.8 Å². The standard InChI is InChI=1S/C20H28N4O2S/c1-2-24(12-6-11-23-9-3-4-10-23)20(25)22-17-7-5-8-19(13-17)26-14-18-15-27-16-21-18/h5,7-8,13,15-16H,2-4,6,9-12,14H2,1H3,(H,22,25). The van der Waals surface area contributed by atoms with Crippen molar-refractivity contribution in [1.29, 1.82) is 0 Å². The molecule has 0 bridgehead atoms. The predicted octanol–water partition coefficient (Wildman–Crippen LogP) is 4.06. The second kappa shape index (κ2) is 10.3. The molecule has 1 saturated heterocycles. The Morgan fingerprint density at radius 2 is 2.22 bits per heavy atom. The van der Waals surface area contributed by atoms with Crippen LogP contribution in [-0.4, -0.2) is 53.5 Å². The van der Waals surface area contributed by atoms with E-state index >= 15 is 0 Å². The number of thiazole rings is 1. The van der Waals surface area contributed by atoms with Gasteiger partial charge < -0.3 is 19.9 Å². The molecule has 0 atom stereocenters. The van der Waals surface area contributed by atoms with Crippen molar-refractivity contribution in [3.05, 3.63) is 40.8 Å². The fourth-order valence-corrected chi connectivity index (χ4v) is 3.77. The molecule has 0 saturated carbocycles. The topological polar surface area (TPSA) is 57.7 Å². The molecule has 2 aromatic rings. The van der Waals surface area contributed by atoms with Gasteiger partial charge in [-0.2, -0.15) is 0 Å². The third kappa shape index (κ3) is 6.22. The molecule has 1 aliphatic heterocycles. The average molecular weight is 389 g/mol. The predicted molar refractivity (Wildman–Crippen MR) is 109 cm³/mol. The molecule has 0 unspecified atom stereocenters. The molecule has 2 heterocycles. The maximum Gasteiger partial charge on any atom is 0.321 e. The van der Waals surface area contributed by atoms with Crippen LogP contribution in [-0.2, 0) is 6.61 Å². The maximum atomic E-state index is 12.6. The van der Waals surface area contributed by atoms with Crippen LogP contribution in [0.3, 0.4) is 0 Å². The summed E-state index contributed by atoms with van der Waals surface area (Å²) in [5.74, 6) is 0.720. The number of hydrogen-bond donors (Lipinski definition) is 1. The fraction of sp³-hybridized carbons (Fsp3) is 0.500. The number of aromatic nitrogens is 1. The van der Waals surface area contributed by atoms with Gasteiger partial charge in [0, 0.05) is 30.2 Å². The van der Waals surface area contributed by atoms with Crippen LogP contribution in [0.5, 0.6) is 5.75 Å². The molecule has 27 heavy (non-hydrogen) atoms. The zero-order valence-corrected chi connectivity index (χ0v) is 16.7. The SMILES string of the molecule is CCN(CCCN1CCCC1)C(=O)Nc1cccc(OCc2cscn2)c1. The Morgan fingerprint density at radius 1 is 1.37 bits per heavy atom. The minimum absolute atomic E-state index is 0.0597. The van der Waals surface area contributed by atoms with Crippen LogP contribution in [0.1, 0.15) is 31.9 Å². The summed E-state index contributed by atoms with van der Waals surface area (Å²) in [7, 11) is 0. The molecular weight excluding hydrogens is 360 g/mol. The Morgan fingerprint density at radius 3 is 2.96 bits per heavy atom. The molecule has 1 aromatic carbocycles. The molecule has 6 nitrogen and oxygen atoms in total. The number of nitrogens with zero attached hydrogens (tertiary/aromatic N) is 3. The van der Waals surface area contributed by atoms with Crippen LogP contribution >= 0.6 is 11.3 Å². The Labute approximate surface area is 165 Å². The van der Waals surface area contributed by atoms with Gasteiger partial charge in [-0.1, -0.05) is 6.07 Å². The molecule has 0 radical (unpaired) electrons. The van der Waals surface area contributed by atoms with E-state index < -0.39 is 0 Å². The number of urea groups is 1. The molecule has 0 aliphatic carbocycles. The first-order valence-electron chi connectivity index (χ1n) is 9.63. The van der Waals surface area contributed by atoms with E-state index in [9.17, 15) is 4.79 Å². The zero-order valence-electron chi connectivity index (χ0n) is 15.9. The van der Waals surface area contributed by atoms with Crippen LogP contribution in [0.15, 0.2) is 35.2 Å². The van der Waals surface area contributed by atoms with Gasteiger partial charge >= 0.3 is 6.03 Å². The van der Waals surface area contributed by atoms with Gasteiger partial charge in [0.1, 0.15) is 12.4 Å². The van der Waals surface area contributed by atoms with Gasteiger partial charge in [0.25, 0.3) is 0 Å². The Bertz CT molecular complexity index is 702. The van der Waals surface area contributed by atoms with Crippen molar-refractivity contribution in [2.24, 2.45) is 0 Å². The number of hydrogen-bond acceptors (Lipinski definition) is 5. The van der Waals surface area contributed by atoms with Crippen molar-refractivity contribution in [1.82, 2.24) is 14.8 Å². The monoisotopic (exact) mass is 388 g/mol. The molecule has 3 rings (SSSR count). The highest BCUT2D eigenvalue weighted by molar-refractivity contribution is 7.07. The van der Waals surface area contributed by atoms with Gasteiger partial charge in [0.2, 0.25) is 0 Å². The smallest absolute Gasteiger partial charge is 0.321 e. The van der Waals surface area contributed by atoms with Crippen molar-refractivity contribution >= 4 is 23.1 Å². The van der Waals surface area contributed by atoms with Crippen molar-refractivity contribution in [3.8, 4) is 5.75 Å². The van der Waals surface area contributed by atoms with E-state index in [-0.39, 0.29) is 6.03 Å². The molecule has 146 valence electrons. The summed E-state index contributed by atoms with van der Waals surface area (Å²) >= 11 is 1.55. The normalized spacial score (nSPS) is 14.3. The van der Waals surface area contributed by atoms with E-state index in [2.05, 4.69) is 15.2 Å². The van der Waals surface area contributed by atoms with Gasteiger partial charge in [-0.3, -0.25) is 0 Å². The number of amides is 2. The molecule has 2 amide bonds. The van der Waals surface area contributed by atoms with Crippen LogP contribution in [0.4, 0.5) is 10.5 Å². The number of benzene rings is 1. The third-order valence-corrected chi connectivity index (χ3v) is 5.36. The Balaban J connectivity index is 1.47.